The molecule has 2 amide bonds. The lowest BCUT2D eigenvalue weighted by Gasteiger charge is -2.43. The molecule has 2 heterocycles. The molecule has 1 fully saturated rings. The molecule has 1 aliphatic heterocycles. The van der Waals surface area contributed by atoms with Crippen molar-refractivity contribution in [2.75, 3.05) is 26.5 Å². The zero-order chi connectivity index (χ0) is 21.7. The van der Waals surface area contributed by atoms with Crippen LogP contribution in [0.25, 0.3) is 0 Å². The molecule has 2 rings (SSSR count). The summed E-state index contributed by atoms with van der Waals surface area (Å²) in [6, 6.07) is 2.84. The smallest absolute Gasteiger partial charge is 0.321 e. The molecule has 1 aromatic rings. The van der Waals surface area contributed by atoms with E-state index >= 15 is 4.39 Å². The van der Waals surface area contributed by atoms with Crippen molar-refractivity contribution in [1.82, 2.24) is 15.2 Å². The average Bonchev–Trinajstić information content (AvgIpc) is 2.73. The topological polar surface area (TPSA) is 124 Å². The number of hydrogen-bond acceptors (Lipinski definition) is 6. The van der Waals surface area contributed by atoms with Crippen molar-refractivity contribution in [3.05, 3.63) is 42.5 Å². The molecule has 0 bridgehead atoms. The lowest BCUT2D eigenvalue weighted by molar-refractivity contribution is 0.115. The molecule has 1 aliphatic rings. The molecule has 0 aromatic carbocycles. The lowest BCUT2D eigenvalue weighted by Crippen LogP contribution is -2.50. The number of amides is 2. The van der Waals surface area contributed by atoms with Crippen molar-refractivity contribution in [2.45, 2.75) is 29.7 Å². The number of piperidine rings is 1. The van der Waals surface area contributed by atoms with E-state index in [-0.39, 0.29) is 6.03 Å². The van der Waals surface area contributed by atoms with Gasteiger partial charge in [0, 0.05) is 42.4 Å². The predicted molar refractivity (Wildman–Crippen MR) is 112 cm³/mol. The minimum absolute atomic E-state index is 0.335. The van der Waals surface area contributed by atoms with Crippen LogP contribution in [0.2, 0.25) is 0 Å². The van der Waals surface area contributed by atoms with Gasteiger partial charge < -0.3 is 26.4 Å². The highest BCUT2D eigenvalue weighted by atomic mass is 32.2. The summed E-state index contributed by atoms with van der Waals surface area (Å²) in [6.07, 6.45) is 7.64. The second-order valence-electron chi connectivity index (χ2n) is 7.18. The molecule has 10 heteroatoms. The number of allylic oxidation sites excluding steroid dienone is 1. The van der Waals surface area contributed by atoms with Crippen molar-refractivity contribution >= 4 is 16.0 Å². The second-order valence-corrected chi connectivity index (χ2v) is 10.4. The minimum atomic E-state index is -3.38. The quantitative estimate of drug-likeness (QED) is 0.403. The zero-order valence-electron chi connectivity index (χ0n) is 17.0. The number of urea groups is 1. The Balaban J connectivity index is 2.06. The molecule has 1 unspecified atom stereocenters. The fourth-order valence-corrected chi connectivity index (χ4v) is 5.50. The SMILES string of the molecule is COc1ccc([SH](C)(=O)C(C)(F)C2CCN(C(=O)NC(/C=C\N)=C/N)CC2)cn1. The van der Waals surface area contributed by atoms with E-state index in [0.717, 1.165) is 0 Å². The number of methoxy groups -OCH3 is 1. The summed E-state index contributed by atoms with van der Waals surface area (Å²) >= 11 is 0. The van der Waals surface area contributed by atoms with Crippen molar-refractivity contribution in [3.63, 3.8) is 0 Å². The maximum Gasteiger partial charge on any atom is 0.321 e. The van der Waals surface area contributed by atoms with Gasteiger partial charge in [0.1, 0.15) is 0 Å². The van der Waals surface area contributed by atoms with E-state index < -0.39 is 20.9 Å². The molecule has 0 radical (unpaired) electrons. The van der Waals surface area contributed by atoms with Gasteiger partial charge in [-0.3, -0.25) is 4.21 Å². The molecule has 0 saturated carbocycles. The number of carbonyl (C=O) groups is 1. The van der Waals surface area contributed by atoms with E-state index in [4.69, 9.17) is 16.2 Å². The summed E-state index contributed by atoms with van der Waals surface area (Å²) in [7, 11) is -1.90. The van der Waals surface area contributed by atoms with Gasteiger partial charge in [-0.1, -0.05) is 0 Å². The molecule has 1 saturated heterocycles. The maximum atomic E-state index is 15.8. The van der Waals surface area contributed by atoms with Crippen LogP contribution in [0, 0.1) is 5.92 Å². The molecular formula is C19H30FN5O3S. The predicted octanol–water partition coefficient (Wildman–Crippen LogP) is 1.48. The fraction of sp³-hybridized carbons (Fsp3) is 0.474. The van der Waals surface area contributed by atoms with Crippen molar-refractivity contribution in [1.29, 1.82) is 0 Å². The number of nitrogens with one attached hydrogen (secondary N) is 1. The number of nitrogens with zero attached hydrogens (tertiary/aromatic N) is 2. The third-order valence-corrected chi connectivity index (χ3v) is 8.77. The largest absolute Gasteiger partial charge is 0.481 e. The van der Waals surface area contributed by atoms with Gasteiger partial charge in [-0.05, 0) is 54.3 Å². The van der Waals surface area contributed by atoms with E-state index in [0.29, 0.717) is 42.4 Å². The lowest BCUT2D eigenvalue weighted by atomic mass is 9.92. The number of alkyl halides is 1. The first-order chi connectivity index (χ1) is 13.7. The van der Waals surface area contributed by atoms with Gasteiger partial charge in [0.05, 0.1) is 12.8 Å². The minimum Gasteiger partial charge on any atom is -0.481 e. The summed E-state index contributed by atoms with van der Waals surface area (Å²) < 4.78 is 34.3. The van der Waals surface area contributed by atoms with Crippen LogP contribution >= 0.6 is 0 Å². The summed E-state index contributed by atoms with van der Waals surface area (Å²) in [5.41, 5.74) is 11.1. The van der Waals surface area contributed by atoms with Crippen LogP contribution < -0.4 is 21.5 Å². The van der Waals surface area contributed by atoms with Crippen LogP contribution in [0.1, 0.15) is 19.8 Å². The maximum absolute atomic E-state index is 15.8. The Labute approximate surface area is 171 Å². The van der Waals surface area contributed by atoms with Gasteiger partial charge in [0.25, 0.3) is 0 Å². The van der Waals surface area contributed by atoms with E-state index in [9.17, 15) is 9.00 Å². The Morgan fingerprint density at radius 3 is 2.55 bits per heavy atom. The first-order valence-electron chi connectivity index (χ1n) is 9.30. The normalized spacial score (nSPS) is 19.0. The Bertz CT molecular complexity index is 818. The Morgan fingerprint density at radius 1 is 1.41 bits per heavy atom. The second kappa shape index (κ2) is 9.25. The number of halogens is 1. The molecule has 0 spiro atoms. The molecule has 1 atom stereocenters. The van der Waals surface area contributed by atoms with Crippen LogP contribution in [0.4, 0.5) is 9.18 Å². The summed E-state index contributed by atoms with van der Waals surface area (Å²) in [5, 5.41) is 0.725. The number of aromatic nitrogens is 1. The molecule has 1 aromatic heterocycles. The number of nitrogens with two attached hydrogens (primary N) is 2. The molecule has 162 valence electrons. The van der Waals surface area contributed by atoms with E-state index in [2.05, 4.69) is 10.3 Å². The molecule has 5 N–H and O–H groups in total. The number of likely N-dealkylation sites (tertiary alicyclic amines) is 1. The van der Waals surface area contributed by atoms with Crippen molar-refractivity contribution in [2.24, 2.45) is 17.4 Å². The number of hydrogen-bond donors (Lipinski definition) is 4. The standard InChI is InChI=1S/C19H30FN5O3S/c1-19(20,29(3,27)16-4-5-17(28-2)23-13-16)14-7-10-25(11-8-14)18(26)24-15(12-22)6-9-21/h4-6,9,12-14,29H,7-8,10-11,21-22H2,1-3H3,(H,24,26)/b9-6-,15-12+. The molecule has 0 aliphatic carbocycles. The first-order valence-corrected chi connectivity index (χ1v) is 11.5. The van der Waals surface area contributed by atoms with Crippen LogP contribution in [-0.2, 0) is 9.93 Å². The summed E-state index contributed by atoms with van der Waals surface area (Å²) in [6.45, 7) is 2.09. The molecule has 29 heavy (non-hydrogen) atoms. The van der Waals surface area contributed by atoms with E-state index in [1.807, 2.05) is 0 Å². The van der Waals surface area contributed by atoms with Gasteiger partial charge in [-0.2, -0.15) is 0 Å². The van der Waals surface area contributed by atoms with Crippen molar-refractivity contribution < 1.29 is 18.1 Å². The monoisotopic (exact) mass is 427 g/mol. The highest BCUT2D eigenvalue weighted by molar-refractivity contribution is 8.03. The van der Waals surface area contributed by atoms with Gasteiger partial charge >= 0.3 is 6.03 Å². The van der Waals surface area contributed by atoms with Gasteiger partial charge in [-0.15, -0.1) is 0 Å². The number of ether oxygens (including phenoxy) is 1. The number of rotatable bonds is 6. The molecule has 8 nitrogen and oxygen atoms in total. The average molecular weight is 428 g/mol. The van der Waals surface area contributed by atoms with E-state index in [1.165, 1.54) is 45.0 Å². The Morgan fingerprint density at radius 2 is 2.07 bits per heavy atom. The molecular weight excluding hydrogens is 397 g/mol. The van der Waals surface area contributed by atoms with E-state index in [1.54, 1.807) is 17.0 Å². The summed E-state index contributed by atoms with van der Waals surface area (Å²) in [4.78, 5) is 18.4. The highest BCUT2D eigenvalue weighted by Crippen LogP contribution is 2.42. The van der Waals surface area contributed by atoms with Crippen LogP contribution in [0.5, 0.6) is 5.88 Å². The Kier molecular flexibility index (Phi) is 7.23. The third kappa shape index (κ3) is 4.87. The van der Waals surface area contributed by atoms with Crippen LogP contribution in [0.3, 0.4) is 0 Å². The number of carbonyl (C=O) groups excluding carboxylic acids is 1. The third-order valence-electron chi connectivity index (χ3n) is 5.49. The van der Waals surface area contributed by atoms with Gasteiger partial charge in [0.2, 0.25) is 5.88 Å². The van der Waals surface area contributed by atoms with Gasteiger partial charge in [-0.25, -0.2) is 14.2 Å². The van der Waals surface area contributed by atoms with Gasteiger partial charge in [0.15, 0.2) is 5.00 Å². The van der Waals surface area contributed by atoms with Crippen LogP contribution in [0.15, 0.2) is 47.4 Å². The zero-order valence-corrected chi connectivity index (χ0v) is 17.9. The number of pyridine rings is 1. The number of thiol groups is 1. The Hall–Kier alpha value is -2.62. The van der Waals surface area contributed by atoms with Crippen molar-refractivity contribution in [3.8, 4) is 5.88 Å². The fourth-order valence-electron chi connectivity index (χ4n) is 3.40. The van der Waals surface area contributed by atoms with Crippen LogP contribution in [-0.4, -0.2) is 51.6 Å². The first kappa shape index (κ1) is 22.7. The summed E-state index contributed by atoms with van der Waals surface area (Å²) in [5.74, 6) is -0.0676. The highest BCUT2D eigenvalue weighted by Gasteiger charge is 2.46.